The molecule has 1 aromatic rings. The van der Waals surface area contributed by atoms with Gasteiger partial charge in [-0.3, -0.25) is 9.69 Å². The van der Waals surface area contributed by atoms with Crippen molar-refractivity contribution in [3.8, 4) is 5.75 Å². The van der Waals surface area contributed by atoms with E-state index in [0.29, 0.717) is 0 Å². The Morgan fingerprint density at radius 3 is 2.53 bits per heavy atom. The molecule has 0 atom stereocenters. The van der Waals surface area contributed by atoms with Crippen molar-refractivity contribution in [2.24, 2.45) is 0 Å². The van der Waals surface area contributed by atoms with Crippen molar-refractivity contribution in [2.45, 2.75) is 6.92 Å². The molecule has 1 N–H and O–H groups in total. The Kier molecular flexibility index (Phi) is 4.50. The molecule has 0 aromatic heterocycles. The normalized spacial score (nSPS) is 17.6. The Bertz CT molecular complexity index is 457. The Hall–Kier alpha value is -1.46. The lowest BCUT2D eigenvalue weighted by Gasteiger charge is -2.33. The lowest BCUT2D eigenvalue weighted by Crippen LogP contribution is -2.47. The zero-order valence-electron chi connectivity index (χ0n) is 11.1. The second-order valence-corrected chi connectivity index (χ2v) is 4.80. The summed E-state index contributed by atoms with van der Waals surface area (Å²) in [7, 11) is 0. The van der Waals surface area contributed by atoms with Gasteiger partial charge in [-0.25, -0.2) is 4.39 Å². The van der Waals surface area contributed by atoms with E-state index in [4.69, 9.17) is 0 Å². The maximum Gasteiger partial charge on any atom is 0.180 e. The van der Waals surface area contributed by atoms with Gasteiger partial charge in [0, 0.05) is 26.2 Å². The molecule has 104 valence electrons. The molecule has 0 unspecified atom stereocenters. The molecule has 0 spiro atoms. The summed E-state index contributed by atoms with van der Waals surface area (Å²) in [5.74, 6) is -0.891. The van der Waals surface area contributed by atoms with E-state index in [9.17, 15) is 14.3 Å². The average molecular weight is 266 g/mol. The first kappa shape index (κ1) is 14.0. The third-order valence-electron chi connectivity index (χ3n) is 3.54. The summed E-state index contributed by atoms with van der Waals surface area (Å²) in [6.45, 7) is 6.91. The number of hydrogen-bond acceptors (Lipinski definition) is 4. The number of Topliss-reactive ketones (excluding diaryl/α,β-unsaturated/α-hetero) is 1. The molecule has 0 amide bonds. The predicted octanol–water partition coefficient (Wildman–Crippen LogP) is 1.35. The molecule has 1 aliphatic rings. The molecule has 1 aromatic carbocycles. The van der Waals surface area contributed by atoms with Gasteiger partial charge in [-0.05, 0) is 24.7 Å². The van der Waals surface area contributed by atoms with Crippen molar-refractivity contribution in [3.05, 3.63) is 29.6 Å². The second kappa shape index (κ2) is 6.12. The first-order valence-corrected chi connectivity index (χ1v) is 6.56. The van der Waals surface area contributed by atoms with Gasteiger partial charge in [0.1, 0.15) is 11.6 Å². The summed E-state index contributed by atoms with van der Waals surface area (Å²) in [5, 5.41) is 9.60. The van der Waals surface area contributed by atoms with Gasteiger partial charge in [0.05, 0.1) is 12.1 Å². The SMILES string of the molecule is CCN1CCN(CC(=O)c2cc(F)ccc2O)CC1. The summed E-state index contributed by atoms with van der Waals surface area (Å²) in [5.41, 5.74) is 0.0675. The van der Waals surface area contributed by atoms with Crippen LogP contribution in [0, 0.1) is 5.82 Å². The molecule has 1 aliphatic heterocycles. The summed E-state index contributed by atoms with van der Waals surface area (Å²) in [4.78, 5) is 16.4. The molecule has 5 heteroatoms. The fourth-order valence-electron chi connectivity index (χ4n) is 2.28. The van der Waals surface area contributed by atoms with E-state index >= 15 is 0 Å². The van der Waals surface area contributed by atoms with Crippen molar-refractivity contribution in [1.29, 1.82) is 0 Å². The van der Waals surface area contributed by atoms with Crippen LogP contribution in [0.3, 0.4) is 0 Å². The number of carbonyl (C=O) groups excluding carboxylic acids is 1. The maximum atomic E-state index is 13.1. The predicted molar refractivity (Wildman–Crippen MR) is 70.9 cm³/mol. The smallest absolute Gasteiger partial charge is 0.180 e. The van der Waals surface area contributed by atoms with Crippen LogP contribution in [0.25, 0.3) is 0 Å². The number of nitrogens with zero attached hydrogens (tertiary/aromatic N) is 2. The highest BCUT2D eigenvalue weighted by molar-refractivity contribution is 6.00. The van der Waals surface area contributed by atoms with Crippen LogP contribution in [0.1, 0.15) is 17.3 Å². The molecule has 0 aliphatic carbocycles. The lowest BCUT2D eigenvalue weighted by molar-refractivity contribution is 0.0856. The molecule has 2 rings (SSSR count). The van der Waals surface area contributed by atoms with Gasteiger partial charge in [0.15, 0.2) is 5.78 Å². The van der Waals surface area contributed by atoms with Gasteiger partial charge in [0.25, 0.3) is 0 Å². The standard InChI is InChI=1S/C14H19FN2O2/c1-2-16-5-7-17(8-6-16)10-14(19)12-9-11(15)3-4-13(12)18/h3-4,9,18H,2,5-8,10H2,1H3. The van der Waals surface area contributed by atoms with Crippen LogP contribution in [-0.4, -0.2) is 60.0 Å². The van der Waals surface area contributed by atoms with Gasteiger partial charge in [-0.1, -0.05) is 6.92 Å². The van der Waals surface area contributed by atoms with E-state index in [1.165, 1.54) is 6.07 Å². The molecule has 1 saturated heterocycles. The fourth-order valence-corrected chi connectivity index (χ4v) is 2.28. The van der Waals surface area contributed by atoms with Gasteiger partial charge in [-0.2, -0.15) is 0 Å². The fraction of sp³-hybridized carbons (Fsp3) is 0.500. The van der Waals surface area contributed by atoms with E-state index in [-0.39, 0.29) is 23.6 Å². The minimum atomic E-state index is -0.503. The van der Waals surface area contributed by atoms with Gasteiger partial charge in [0.2, 0.25) is 0 Å². The van der Waals surface area contributed by atoms with Crippen molar-refractivity contribution in [3.63, 3.8) is 0 Å². The Balaban J connectivity index is 1.96. The van der Waals surface area contributed by atoms with Crippen molar-refractivity contribution in [2.75, 3.05) is 39.3 Å². The highest BCUT2D eigenvalue weighted by Gasteiger charge is 2.20. The largest absolute Gasteiger partial charge is 0.507 e. The van der Waals surface area contributed by atoms with Gasteiger partial charge >= 0.3 is 0 Å². The van der Waals surface area contributed by atoms with E-state index in [1.807, 2.05) is 4.90 Å². The Morgan fingerprint density at radius 1 is 1.26 bits per heavy atom. The zero-order valence-corrected chi connectivity index (χ0v) is 11.1. The monoisotopic (exact) mass is 266 g/mol. The third kappa shape index (κ3) is 3.52. The van der Waals surface area contributed by atoms with Crippen LogP contribution in [-0.2, 0) is 0 Å². The number of halogens is 1. The first-order chi connectivity index (χ1) is 9.10. The van der Waals surface area contributed by atoms with Crippen LogP contribution in [0.2, 0.25) is 0 Å². The minimum Gasteiger partial charge on any atom is -0.507 e. The number of benzene rings is 1. The summed E-state index contributed by atoms with van der Waals surface area (Å²) in [6.07, 6.45) is 0. The topological polar surface area (TPSA) is 43.8 Å². The molecular weight excluding hydrogens is 247 g/mol. The number of piperazine rings is 1. The number of carbonyl (C=O) groups is 1. The third-order valence-corrected chi connectivity index (χ3v) is 3.54. The molecule has 0 radical (unpaired) electrons. The number of phenols is 1. The number of hydrogen-bond donors (Lipinski definition) is 1. The Labute approximate surface area is 112 Å². The first-order valence-electron chi connectivity index (χ1n) is 6.56. The maximum absolute atomic E-state index is 13.1. The summed E-state index contributed by atoms with van der Waals surface area (Å²) >= 11 is 0. The van der Waals surface area contributed by atoms with Crippen LogP contribution < -0.4 is 0 Å². The van der Waals surface area contributed by atoms with Gasteiger partial charge < -0.3 is 10.0 Å². The average Bonchev–Trinajstić information content (AvgIpc) is 2.42. The number of phenolic OH excluding ortho intramolecular Hbond substituents is 1. The Morgan fingerprint density at radius 2 is 1.89 bits per heavy atom. The van der Waals surface area contributed by atoms with E-state index in [2.05, 4.69) is 11.8 Å². The molecule has 19 heavy (non-hydrogen) atoms. The molecule has 1 heterocycles. The number of aromatic hydroxyl groups is 1. The molecule has 0 bridgehead atoms. The molecule has 1 fully saturated rings. The molecule has 0 saturated carbocycles. The summed E-state index contributed by atoms with van der Waals surface area (Å²) in [6, 6.07) is 3.46. The van der Waals surface area contributed by atoms with E-state index in [0.717, 1.165) is 44.9 Å². The lowest BCUT2D eigenvalue weighted by atomic mass is 10.1. The van der Waals surface area contributed by atoms with Crippen molar-refractivity contribution in [1.82, 2.24) is 9.80 Å². The number of ketones is 1. The zero-order chi connectivity index (χ0) is 13.8. The van der Waals surface area contributed by atoms with E-state index in [1.54, 1.807) is 0 Å². The quantitative estimate of drug-likeness (QED) is 0.836. The van der Waals surface area contributed by atoms with Gasteiger partial charge in [-0.15, -0.1) is 0 Å². The van der Waals surface area contributed by atoms with Crippen LogP contribution in [0.4, 0.5) is 4.39 Å². The summed E-state index contributed by atoms with van der Waals surface area (Å²) < 4.78 is 13.1. The highest BCUT2D eigenvalue weighted by Crippen LogP contribution is 2.19. The van der Waals surface area contributed by atoms with Crippen molar-refractivity contribution < 1.29 is 14.3 Å². The highest BCUT2D eigenvalue weighted by atomic mass is 19.1. The minimum absolute atomic E-state index is 0.0675. The van der Waals surface area contributed by atoms with Crippen molar-refractivity contribution >= 4 is 5.78 Å². The van der Waals surface area contributed by atoms with Crippen LogP contribution >= 0.6 is 0 Å². The molecular formula is C14H19FN2O2. The van der Waals surface area contributed by atoms with Crippen LogP contribution in [0.5, 0.6) is 5.75 Å². The molecule has 4 nitrogen and oxygen atoms in total. The second-order valence-electron chi connectivity index (χ2n) is 4.80. The number of rotatable bonds is 4. The van der Waals surface area contributed by atoms with Crippen LogP contribution in [0.15, 0.2) is 18.2 Å². The number of likely N-dealkylation sites (N-methyl/N-ethyl adjacent to an activating group) is 1. The van der Waals surface area contributed by atoms with E-state index < -0.39 is 5.82 Å².